The molecule has 0 rings (SSSR count). The van der Waals surface area contributed by atoms with Gasteiger partial charge in [-0.2, -0.15) is 0 Å². The molecule has 0 atom stereocenters. The van der Waals surface area contributed by atoms with Crippen molar-refractivity contribution in [2.75, 3.05) is 7.05 Å². The highest BCUT2D eigenvalue weighted by Gasteiger charge is 1.75. The maximum atomic E-state index is 3.75. The van der Waals surface area contributed by atoms with E-state index in [0.717, 1.165) is 4.91 Å². The molecule has 0 unspecified atom stereocenters. The van der Waals surface area contributed by atoms with Gasteiger partial charge in [-0.3, -0.25) is 4.99 Å². The van der Waals surface area contributed by atoms with Gasteiger partial charge in [0.05, 0.1) is 5.55 Å². The van der Waals surface area contributed by atoms with Gasteiger partial charge in [0.25, 0.3) is 0 Å². The van der Waals surface area contributed by atoms with E-state index < -0.39 is 0 Å². The standard InChI is InChI=1S/C5H9NS.2C2H6/c1-5(2)7-4-6-3;2*1-2/h4H,1H2,2-3H3;2*1-2H3. The van der Waals surface area contributed by atoms with Gasteiger partial charge in [0, 0.05) is 7.05 Å². The van der Waals surface area contributed by atoms with E-state index in [-0.39, 0.29) is 0 Å². The van der Waals surface area contributed by atoms with Crippen LogP contribution >= 0.6 is 11.8 Å². The van der Waals surface area contributed by atoms with Crippen LogP contribution in [-0.4, -0.2) is 12.6 Å². The summed E-state index contributed by atoms with van der Waals surface area (Å²) in [5.74, 6) is 0. The van der Waals surface area contributed by atoms with Crippen molar-refractivity contribution in [1.29, 1.82) is 0 Å². The zero-order chi connectivity index (χ0) is 9.70. The molecule has 0 amide bonds. The largest absolute Gasteiger partial charge is 0.289 e. The van der Waals surface area contributed by atoms with Crippen molar-refractivity contribution in [3.63, 3.8) is 0 Å². The number of thioether (sulfide) groups is 1. The molecule has 0 bridgehead atoms. The third kappa shape index (κ3) is 41.6. The fourth-order valence-corrected chi connectivity index (χ4v) is 0.428. The first kappa shape index (κ1) is 17.0. The van der Waals surface area contributed by atoms with Gasteiger partial charge in [0.15, 0.2) is 0 Å². The second-order valence-electron chi connectivity index (χ2n) is 1.18. The minimum absolute atomic E-state index is 1.07. The van der Waals surface area contributed by atoms with Gasteiger partial charge in [-0.05, 0) is 11.8 Å². The summed E-state index contributed by atoms with van der Waals surface area (Å²) < 4.78 is 0. The molecule has 0 aliphatic rings. The molecule has 0 saturated carbocycles. The van der Waals surface area contributed by atoms with E-state index in [2.05, 4.69) is 11.6 Å². The Morgan fingerprint density at radius 1 is 1.27 bits per heavy atom. The van der Waals surface area contributed by atoms with Crippen LogP contribution in [0.25, 0.3) is 0 Å². The Morgan fingerprint density at radius 3 is 1.73 bits per heavy atom. The monoisotopic (exact) mass is 175 g/mol. The molecule has 2 heteroatoms. The Balaban J connectivity index is -0.000000138. The Labute approximate surface area is 76.0 Å². The highest BCUT2D eigenvalue weighted by Crippen LogP contribution is 2.06. The van der Waals surface area contributed by atoms with Crippen LogP contribution in [0.15, 0.2) is 16.5 Å². The average Bonchev–Trinajstić information content (AvgIpc) is 2.08. The van der Waals surface area contributed by atoms with E-state index in [4.69, 9.17) is 0 Å². The van der Waals surface area contributed by atoms with Gasteiger partial charge in [0.2, 0.25) is 0 Å². The molecule has 0 saturated heterocycles. The van der Waals surface area contributed by atoms with Crippen LogP contribution in [0, 0.1) is 0 Å². The first-order chi connectivity index (χ1) is 5.27. The fourth-order valence-electron chi connectivity index (χ4n) is 0.143. The summed E-state index contributed by atoms with van der Waals surface area (Å²) in [5.41, 5.74) is 1.77. The Hall–Kier alpha value is -0.240. The number of hydrogen-bond donors (Lipinski definition) is 0. The fraction of sp³-hybridized carbons (Fsp3) is 0.667. The molecule has 1 nitrogen and oxygen atoms in total. The van der Waals surface area contributed by atoms with E-state index in [1.807, 2.05) is 34.6 Å². The van der Waals surface area contributed by atoms with E-state index in [9.17, 15) is 0 Å². The lowest BCUT2D eigenvalue weighted by molar-refractivity contribution is 1.49. The zero-order valence-corrected chi connectivity index (χ0v) is 9.46. The molecule has 68 valence electrons. The highest BCUT2D eigenvalue weighted by molar-refractivity contribution is 8.15. The number of aliphatic imine (C=N–C) groups is 1. The molecule has 0 aliphatic heterocycles. The molecule has 0 N–H and O–H groups in total. The molecular formula is C9H21NS. The molecule has 0 spiro atoms. The van der Waals surface area contributed by atoms with Crippen molar-refractivity contribution in [2.24, 2.45) is 4.99 Å². The lowest BCUT2D eigenvalue weighted by Crippen LogP contribution is -1.61. The van der Waals surface area contributed by atoms with Gasteiger partial charge in [0.1, 0.15) is 0 Å². The molecule has 11 heavy (non-hydrogen) atoms. The molecule has 0 aromatic heterocycles. The van der Waals surface area contributed by atoms with Crippen molar-refractivity contribution in [3.8, 4) is 0 Å². The molecule has 0 aromatic carbocycles. The van der Waals surface area contributed by atoms with E-state index in [1.54, 1.807) is 24.4 Å². The second kappa shape index (κ2) is 22.6. The van der Waals surface area contributed by atoms with Crippen LogP contribution in [-0.2, 0) is 0 Å². The molecule has 0 heterocycles. The summed E-state index contributed by atoms with van der Waals surface area (Å²) in [6, 6.07) is 0. The van der Waals surface area contributed by atoms with Crippen LogP contribution in [0.3, 0.4) is 0 Å². The van der Waals surface area contributed by atoms with Crippen LogP contribution in [0.4, 0.5) is 0 Å². The van der Waals surface area contributed by atoms with Gasteiger partial charge < -0.3 is 0 Å². The number of rotatable bonds is 2. The summed E-state index contributed by atoms with van der Waals surface area (Å²) in [4.78, 5) is 4.83. The van der Waals surface area contributed by atoms with Crippen LogP contribution in [0.5, 0.6) is 0 Å². The molecule has 0 aliphatic carbocycles. The maximum absolute atomic E-state index is 3.75. The van der Waals surface area contributed by atoms with Gasteiger partial charge in [-0.1, -0.05) is 46.0 Å². The first-order valence-corrected chi connectivity index (χ1v) is 4.88. The molecular weight excluding hydrogens is 154 g/mol. The Bertz CT molecular complexity index is 87.6. The van der Waals surface area contributed by atoms with E-state index >= 15 is 0 Å². The Kier molecular flexibility index (Phi) is 34.9. The normalized spacial score (nSPS) is 7.45. The average molecular weight is 175 g/mol. The summed E-state index contributed by atoms with van der Waals surface area (Å²) in [7, 11) is 1.75. The second-order valence-corrected chi connectivity index (χ2v) is 2.33. The summed E-state index contributed by atoms with van der Waals surface area (Å²) in [6.45, 7) is 13.6. The van der Waals surface area contributed by atoms with Crippen molar-refractivity contribution in [3.05, 3.63) is 11.5 Å². The van der Waals surface area contributed by atoms with Gasteiger partial charge in [-0.25, -0.2) is 0 Å². The first-order valence-electron chi connectivity index (χ1n) is 4.00. The van der Waals surface area contributed by atoms with Crippen LogP contribution in [0.2, 0.25) is 0 Å². The van der Waals surface area contributed by atoms with Crippen LogP contribution < -0.4 is 0 Å². The van der Waals surface area contributed by atoms with Crippen molar-refractivity contribution >= 4 is 17.3 Å². The SMILES string of the molecule is C=C(C)SC=NC.CC.CC. The minimum atomic E-state index is 1.07. The molecule has 0 fully saturated rings. The quantitative estimate of drug-likeness (QED) is 0.457. The van der Waals surface area contributed by atoms with Gasteiger partial charge in [-0.15, -0.1) is 0 Å². The van der Waals surface area contributed by atoms with E-state index in [1.165, 1.54) is 0 Å². The van der Waals surface area contributed by atoms with Crippen LogP contribution in [0.1, 0.15) is 34.6 Å². The van der Waals surface area contributed by atoms with Gasteiger partial charge >= 0.3 is 0 Å². The Morgan fingerprint density at radius 2 is 1.64 bits per heavy atom. The highest BCUT2D eigenvalue weighted by atomic mass is 32.2. The van der Waals surface area contributed by atoms with E-state index in [0.29, 0.717) is 0 Å². The summed E-state index contributed by atoms with van der Waals surface area (Å²) >= 11 is 1.55. The summed E-state index contributed by atoms with van der Waals surface area (Å²) in [6.07, 6.45) is 0. The predicted octanol–water partition coefficient (Wildman–Crippen LogP) is 3.96. The topological polar surface area (TPSA) is 12.4 Å². The molecule has 0 radical (unpaired) electrons. The number of hydrogen-bond acceptors (Lipinski definition) is 2. The predicted molar refractivity (Wildman–Crippen MR) is 59.5 cm³/mol. The maximum Gasteiger partial charge on any atom is 0.0582 e. The minimum Gasteiger partial charge on any atom is -0.289 e. The number of allylic oxidation sites excluding steroid dienone is 1. The number of nitrogens with zero attached hydrogens (tertiary/aromatic N) is 1. The van der Waals surface area contributed by atoms with Crippen molar-refractivity contribution in [2.45, 2.75) is 34.6 Å². The molecule has 0 aromatic rings. The van der Waals surface area contributed by atoms with Crippen molar-refractivity contribution < 1.29 is 0 Å². The van der Waals surface area contributed by atoms with Crippen molar-refractivity contribution in [1.82, 2.24) is 0 Å². The smallest absolute Gasteiger partial charge is 0.0582 e. The third-order valence-electron chi connectivity index (χ3n) is 0.359. The zero-order valence-electron chi connectivity index (χ0n) is 8.64. The lowest BCUT2D eigenvalue weighted by Gasteiger charge is -1.83. The lowest BCUT2D eigenvalue weighted by atomic mass is 10.8. The summed E-state index contributed by atoms with van der Waals surface area (Å²) in [5, 5.41) is 0. The third-order valence-corrected chi connectivity index (χ3v) is 1.08.